The van der Waals surface area contributed by atoms with Crippen molar-refractivity contribution >= 4 is 11.6 Å². The second-order valence-corrected chi connectivity index (χ2v) is 4.47. The molecule has 0 aromatic heterocycles. The lowest BCUT2D eigenvalue weighted by molar-refractivity contribution is 0.373. The molecule has 0 bridgehead atoms. The van der Waals surface area contributed by atoms with Crippen LogP contribution in [0.25, 0.3) is 11.6 Å². The van der Waals surface area contributed by atoms with Crippen molar-refractivity contribution < 1.29 is 9.84 Å². The first-order valence-corrected chi connectivity index (χ1v) is 6.20. The Morgan fingerprint density at radius 3 is 2.45 bits per heavy atom. The Hall–Kier alpha value is -2.73. The molecule has 2 aromatic rings. The first kappa shape index (κ1) is 13.7. The lowest BCUT2D eigenvalue weighted by Crippen LogP contribution is -1.85. The number of phenols is 1. The quantitative estimate of drug-likeness (QED) is 0.678. The van der Waals surface area contributed by atoms with Gasteiger partial charge < -0.3 is 9.84 Å². The minimum absolute atomic E-state index is 0.0578. The Bertz CT molecular complexity index is 679. The maximum Gasteiger partial charge on any atom is 0.160 e. The second-order valence-electron chi connectivity index (χ2n) is 4.47. The summed E-state index contributed by atoms with van der Waals surface area (Å²) >= 11 is 0. The molecule has 0 unspecified atom stereocenters. The molecule has 100 valence electrons. The van der Waals surface area contributed by atoms with Gasteiger partial charge in [-0.3, -0.25) is 0 Å². The van der Waals surface area contributed by atoms with Gasteiger partial charge in [0.05, 0.1) is 18.8 Å². The molecule has 2 rings (SSSR count). The van der Waals surface area contributed by atoms with Crippen molar-refractivity contribution in [2.24, 2.45) is 0 Å². The fourth-order valence-corrected chi connectivity index (χ4v) is 1.88. The number of aryl methyl sites for hydroxylation is 1. The molecule has 0 aliphatic carbocycles. The zero-order valence-corrected chi connectivity index (χ0v) is 11.4. The van der Waals surface area contributed by atoms with Gasteiger partial charge in [-0.05, 0) is 36.3 Å². The Morgan fingerprint density at radius 2 is 1.90 bits per heavy atom. The number of allylic oxidation sites excluding steroid dienone is 1. The number of phenolic OH excluding ortho intramolecular Hbond substituents is 1. The molecule has 0 saturated heterocycles. The van der Waals surface area contributed by atoms with Crippen molar-refractivity contribution in [3.05, 3.63) is 59.2 Å². The first-order valence-electron chi connectivity index (χ1n) is 6.20. The van der Waals surface area contributed by atoms with E-state index in [1.165, 1.54) is 7.11 Å². The molecule has 0 spiro atoms. The number of hydrogen-bond donors (Lipinski definition) is 1. The number of benzene rings is 2. The summed E-state index contributed by atoms with van der Waals surface area (Å²) in [5.41, 5.74) is 3.30. The fourth-order valence-electron chi connectivity index (χ4n) is 1.88. The normalized spacial score (nSPS) is 10.9. The van der Waals surface area contributed by atoms with Crippen molar-refractivity contribution in [3.8, 4) is 17.6 Å². The molecule has 3 nitrogen and oxygen atoms in total. The van der Waals surface area contributed by atoms with Gasteiger partial charge in [0, 0.05) is 0 Å². The van der Waals surface area contributed by atoms with Gasteiger partial charge in [-0.25, -0.2) is 0 Å². The number of aromatic hydroxyl groups is 1. The predicted molar refractivity (Wildman–Crippen MR) is 79.3 cm³/mol. The topological polar surface area (TPSA) is 53.2 Å². The SMILES string of the molecule is COc1ccc(/C=C(/C#N)c2ccc(C)cc2)cc1O. The highest BCUT2D eigenvalue weighted by atomic mass is 16.5. The van der Waals surface area contributed by atoms with E-state index >= 15 is 0 Å². The highest BCUT2D eigenvalue weighted by Gasteiger charge is 2.04. The summed E-state index contributed by atoms with van der Waals surface area (Å²) in [4.78, 5) is 0. The molecule has 0 aliphatic rings. The number of methoxy groups -OCH3 is 1. The summed E-state index contributed by atoms with van der Waals surface area (Å²) in [5, 5.41) is 19.0. The Morgan fingerprint density at radius 1 is 1.20 bits per heavy atom. The van der Waals surface area contributed by atoms with E-state index in [0.29, 0.717) is 11.3 Å². The second kappa shape index (κ2) is 5.94. The molecule has 20 heavy (non-hydrogen) atoms. The first-order chi connectivity index (χ1) is 9.63. The lowest BCUT2D eigenvalue weighted by atomic mass is 10.0. The largest absolute Gasteiger partial charge is 0.504 e. The molecule has 1 N–H and O–H groups in total. The molecule has 2 aromatic carbocycles. The average Bonchev–Trinajstić information content (AvgIpc) is 2.46. The zero-order chi connectivity index (χ0) is 14.5. The maximum absolute atomic E-state index is 9.75. The van der Waals surface area contributed by atoms with Crippen LogP contribution in [-0.2, 0) is 0 Å². The predicted octanol–water partition coefficient (Wildman–Crippen LogP) is 3.77. The van der Waals surface area contributed by atoms with Gasteiger partial charge in [0.1, 0.15) is 0 Å². The van der Waals surface area contributed by atoms with Crippen LogP contribution >= 0.6 is 0 Å². The molecule has 3 heteroatoms. The minimum Gasteiger partial charge on any atom is -0.504 e. The molecular formula is C17H15NO2. The van der Waals surface area contributed by atoms with Crippen molar-refractivity contribution in [1.82, 2.24) is 0 Å². The number of hydrogen-bond acceptors (Lipinski definition) is 3. The molecule has 0 atom stereocenters. The van der Waals surface area contributed by atoms with E-state index in [-0.39, 0.29) is 5.75 Å². The van der Waals surface area contributed by atoms with Gasteiger partial charge in [-0.1, -0.05) is 35.9 Å². The fraction of sp³-hybridized carbons (Fsp3) is 0.118. The number of nitriles is 1. The smallest absolute Gasteiger partial charge is 0.160 e. The van der Waals surface area contributed by atoms with Crippen LogP contribution in [0.5, 0.6) is 11.5 Å². The third-order valence-corrected chi connectivity index (χ3v) is 3.00. The molecule has 0 radical (unpaired) electrons. The number of ether oxygens (including phenoxy) is 1. The van der Waals surface area contributed by atoms with Crippen molar-refractivity contribution in [1.29, 1.82) is 5.26 Å². The molecule has 0 saturated carbocycles. The van der Waals surface area contributed by atoms with Gasteiger partial charge in [-0.15, -0.1) is 0 Å². The lowest BCUT2D eigenvalue weighted by Gasteiger charge is -2.04. The maximum atomic E-state index is 9.75. The van der Waals surface area contributed by atoms with Gasteiger partial charge >= 0.3 is 0 Å². The summed E-state index contributed by atoms with van der Waals surface area (Å²) in [6.45, 7) is 2.00. The van der Waals surface area contributed by atoms with Crippen LogP contribution in [0.2, 0.25) is 0 Å². The average molecular weight is 265 g/mol. The zero-order valence-electron chi connectivity index (χ0n) is 11.4. The van der Waals surface area contributed by atoms with Crippen LogP contribution in [0.15, 0.2) is 42.5 Å². The minimum atomic E-state index is 0.0578. The summed E-state index contributed by atoms with van der Waals surface area (Å²) < 4.78 is 4.99. The van der Waals surface area contributed by atoms with Crippen LogP contribution in [0.4, 0.5) is 0 Å². The summed E-state index contributed by atoms with van der Waals surface area (Å²) in [6.07, 6.45) is 1.74. The van der Waals surface area contributed by atoms with Crippen LogP contribution in [-0.4, -0.2) is 12.2 Å². The van der Waals surface area contributed by atoms with Crippen molar-refractivity contribution in [2.75, 3.05) is 7.11 Å². The molecule has 0 fully saturated rings. The van der Waals surface area contributed by atoms with Crippen LogP contribution in [0.1, 0.15) is 16.7 Å². The number of nitrogens with zero attached hydrogens (tertiary/aromatic N) is 1. The third kappa shape index (κ3) is 2.99. The van der Waals surface area contributed by atoms with Gasteiger partial charge in [0.25, 0.3) is 0 Å². The van der Waals surface area contributed by atoms with E-state index in [4.69, 9.17) is 4.74 Å². The number of rotatable bonds is 3. The van der Waals surface area contributed by atoms with Crippen LogP contribution in [0, 0.1) is 18.3 Å². The highest BCUT2D eigenvalue weighted by Crippen LogP contribution is 2.28. The van der Waals surface area contributed by atoms with Crippen molar-refractivity contribution in [3.63, 3.8) is 0 Å². The standard InChI is InChI=1S/C17H15NO2/c1-12-3-6-14(7-4-12)15(11-18)9-13-5-8-17(20-2)16(19)10-13/h3-10,19H,1-2H3/b15-9-. The highest BCUT2D eigenvalue weighted by molar-refractivity contribution is 5.89. The molecule has 0 heterocycles. The van der Waals surface area contributed by atoms with E-state index in [2.05, 4.69) is 6.07 Å². The van der Waals surface area contributed by atoms with Crippen LogP contribution < -0.4 is 4.74 Å². The summed E-state index contributed by atoms with van der Waals surface area (Å²) in [6, 6.07) is 15.0. The molecular weight excluding hydrogens is 250 g/mol. The monoisotopic (exact) mass is 265 g/mol. The Balaban J connectivity index is 2.39. The Kier molecular flexibility index (Phi) is 4.07. The van der Waals surface area contributed by atoms with E-state index in [1.54, 1.807) is 24.3 Å². The third-order valence-electron chi connectivity index (χ3n) is 3.00. The molecule has 0 aliphatic heterocycles. The van der Waals surface area contributed by atoms with E-state index in [1.807, 2.05) is 31.2 Å². The van der Waals surface area contributed by atoms with Gasteiger partial charge in [0.2, 0.25) is 0 Å². The van der Waals surface area contributed by atoms with E-state index in [0.717, 1.165) is 16.7 Å². The Labute approximate surface area is 118 Å². The summed E-state index contributed by atoms with van der Waals surface area (Å²) in [7, 11) is 1.50. The molecule has 0 amide bonds. The van der Waals surface area contributed by atoms with Crippen LogP contribution in [0.3, 0.4) is 0 Å². The summed E-state index contributed by atoms with van der Waals surface area (Å²) in [5.74, 6) is 0.471. The van der Waals surface area contributed by atoms with E-state index in [9.17, 15) is 10.4 Å². The van der Waals surface area contributed by atoms with Gasteiger partial charge in [0.15, 0.2) is 11.5 Å². The van der Waals surface area contributed by atoms with Gasteiger partial charge in [-0.2, -0.15) is 5.26 Å². The van der Waals surface area contributed by atoms with Crippen molar-refractivity contribution in [2.45, 2.75) is 6.92 Å². The van der Waals surface area contributed by atoms with E-state index < -0.39 is 0 Å².